The SMILES string of the molecule is OC1(C(F)(F)F)CCN(Cc2ccc(F)cc2F)CC1. The van der Waals surface area contributed by atoms with Gasteiger partial charge in [-0.25, -0.2) is 8.78 Å². The summed E-state index contributed by atoms with van der Waals surface area (Å²) in [5, 5.41) is 9.51. The molecular formula is C13H14F5NO. The number of halogens is 5. The highest BCUT2D eigenvalue weighted by Crippen LogP contribution is 2.38. The molecule has 0 aromatic heterocycles. The van der Waals surface area contributed by atoms with Crippen LogP contribution in [0.5, 0.6) is 0 Å². The van der Waals surface area contributed by atoms with Crippen LogP contribution in [-0.4, -0.2) is 34.9 Å². The first-order valence-electron chi connectivity index (χ1n) is 6.17. The molecule has 1 aliphatic rings. The summed E-state index contributed by atoms with van der Waals surface area (Å²) in [6, 6.07) is 3.12. The molecule has 0 unspecified atom stereocenters. The summed E-state index contributed by atoms with van der Waals surface area (Å²) < 4.78 is 64.1. The summed E-state index contributed by atoms with van der Waals surface area (Å²) in [4.78, 5) is 1.61. The van der Waals surface area contributed by atoms with Gasteiger partial charge in [-0.2, -0.15) is 13.2 Å². The van der Waals surface area contributed by atoms with E-state index in [9.17, 15) is 27.1 Å². The van der Waals surface area contributed by atoms with E-state index in [1.165, 1.54) is 6.07 Å². The molecule has 20 heavy (non-hydrogen) atoms. The van der Waals surface area contributed by atoms with E-state index in [-0.39, 0.29) is 25.2 Å². The van der Waals surface area contributed by atoms with Gasteiger partial charge in [0, 0.05) is 31.3 Å². The molecule has 1 aromatic carbocycles. The second kappa shape index (κ2) is 5.29. The topological polar surface area (TPSA) is 23.5 Å². The van der Waals surface area contributed by atoms with Gasteiger partial charge < -0.3 is 5.11 Å². The molecule has 1 fully saturated rings. The van der Waals surface area contributed by atoms with Gasteiger partial charge in [-0.05, 0) is 18.9 Å². The number of alkyl halides is 3. The maximum absolute atomic E-state index is 13.5. The molecular weight excluding hydrogens is 281 g/mol. The summed E-state index contributed by atoms with van der Waals surface area (Å²) in [5.41, 5.74) is -2.44. The third-order valence-corrected chi connectivity index (χ3v) is 3.62. The zero-order valence-corrected chi connectivity index (χ0v) is 10.6. The van der Waals surface area contributed by atoms with E-state index >= 15 is 0 Å². The molecule has 2 nitrogen and oxygen atoms in total. The third kappa shape index (κ3) is 3.09. The van der Waals surface area contributed by atoms with Gasteiger partial charge >= 0.3 is 6.18 Å². The van der Waals surface area contributed by atoms with Crippen LogP contribution in [-0.2, 0) is 6.54 Å². The molecule has 2 rings (SSSR count). The van der Waals surface area contributed by atoms with Crippen molar-refractivity contribution in [2.45, 2.75) is 31.2 Å². The van der Waals surface area contributed by atoms with Crippen LogP contribution in [0.1, 0.15) is 18.4 Å². The first-order chi connectivity index (χ1) is 9.21. The number of likely N-dealkylation sites (tertiary alicyclic amines) is 1. The second-order valence-electron chi connectivity index (χ2n) is 5.04. The van der Waals surface area contributed by atoms with Gasteiger partial charge in [0.05, 0.1) is 0 Å². The minimum atomic E-state index is -4.65. The zero-order chi connectivity index (χ0) is 15.0. The normalized spacial score (nSPS) is 20.1. The van der Waals surface area contributed by atoms with E-state index in [0.717, 1.165) is 12.1 Å². The van der Waals surface area contributed by atoms with Crippen LogP contribution in [0.15, 0.2) is 18.2 Å². The lowest BCUT2D eigenvalue weighted by Crippen LogP contribution is -2.53. The van der Waals surface area contributed by atoms with Crippen molar-refractivity contribution in [3.63, 3.8) is 0 Å². The highest BCUT2D eigenvalue weighted by atomic mass is 19.4. The molecule has 1 heterocycles. The van der Waals surface area contributed by atoms with Crippen LogP contribution in [0.25, 0.3) is 0 Å². The molecule has 1 saturated heterocycles. The standard InChI is InChI=1S/C13H14F5NO/c14-10-2-1-9(11(15)7-10)8-19-5-3-12(20,4-6-19)13(16,17)18/h1-2,7,20H,3-6,8H2. The minimum Gasteiger partial charge on any atom is -0.380 e. The van der Waals surface area contributed by atoms with Gasteiger partial charge in [0.1, 0.15) is 11.6 Å². The molecule has 0 bridgehead atoms. The van der Waals surface area contributed by atoms with Gasteiger partial charge in [0.2, 0.25) is 0 Å². The van der Waals surface area contributed by atoms with Crippen LogP contribution in [0.4, 0.5) is 22.0 Å². The van der Waals surface area contributed by atoms with Gasteiger partial charge in [-0.3, -0.25) is 4.90 Å². The zero-order valence-electron chi connectivity index (χ0n) is 10.6. The van der Waals surface area contributed by atoms with Crippen LogP contribution >= 0.6 is 0 Å². The predicted octanol–water partition coefficient (Wildman–Crippen LogP) is 2.85. The molecule has 1 aromatic rings. The summed E-state index contributed by atoms with van der Waals surface area (Å²) in [6.45, 7) is 0.111. The number of piperidine rings is 1. The molecule has 0 atom stereocenters. The van der Waals surface area contributed by atoms with Crippen molar-refractivity contribution in [2.75, 3.05) is 13.1 Å². The van der Waals surface area contributed by atoms with Crippen LogP contribution in [0.3, 0.4) is 0 Å². The number of nitrogens with zero attached hydrogens (tertiary/aromatic N) is 1. The average Bonchev–Trinajstić information content (AvgIpc) is 2.34. The van der Waals surface area contributed by atoms with E-state index in [1.54, 1.807) is 4.90 Å². The lowest BCUT2D eigenvalue weighted by atomic mass is 9.90. The first kappa shape index (κ1) is 15.2. The lowest BCUT2D eigenvalue weighted by Gasteiger charge is -2.39. The van der Waals surface area contributed by atoms with Crippen LogP contribution in [0, 0.1) is 11.6 Å². The largest absolute Gasteiger partial charge is 0.417 e. The lowest BCUT2D eigenvalue weighted by molar-refractivity contribution is -0.272. The molecule has 0 saturated carbocycles. The minimum absolute atomic E-state index is 0.00677. The number of rotatable bonds is 2. The van der Waals surface area contributed by atoms with E-state index < -0.39 is 36.3 Å². The fraction of sp³-hybridized carbons (Fsp3) is 0.538. The Morgan fingerprint density at radius 2 is 1.75 bits per heavy atom. The second-order valence-corrected chi connectivity index (χ2v) is 5.04. The van der Waals surface area contributed by atoms with E-state index in [4.69, 9.17) is 0 Å². The molecule has 0 spiro atoms. The molecule has 0 amide bonds. The number of hydrogen-bond donors (Lipinski definition) is 1. The summed E-state index contributed by atoms with van der Waals surface area (Å²) >= 11 is 0. The Balaban J connectivity index is 1.98. The Labute approximate surface area is 112 Å². The number of benzene rings is 1. The van der Waals surface area contributed by atoms with E-state index in [2.05, 4.69) is 0 Å². The first-order valence-corrected chi connectivity index (χ1v) is 6.17. The Morgan fingerprint density at radius 1 is 1.15 bits per heavy atom. The molecule has 0 radical (unpaired) electrons. The summed E-state index contributed by atoms with van der Waals surface area (Å²) in [5.74, 6) is -1.42. The van der Waals surface area contributed by atoms with Crippen molar-refractivity contribution in [2.24, 2.45) is 0 Å². The van der Waals surface area contributed by atoms with Gasteiger partial charge in [-0.1, -0.05) is 6.07 Å². The molecule has 112 valence electrons. The summed E-state index contributed by atoms with van der Waals surface area (Å²) in [6.07, 6.45) is -5.54. The van der Waals surface area contributed by atoms with Gasteiger partial charge in [0.25, 0.3) is 0 Å². The van der Waals surface area contributed by atoms with Crippen LogP contribution in [0.2, 0.25) is 0 Å². The quantitative estimate of drug-likeness (QED) is 0.848. The van der Waals surface area contributed by atoms with Crippen molar-refractivity contribution in [3.8, 4) is 0 Å². The Bertz CT molecular complexity index is 480. The highest BCUT2D eigenvalue weighted by molar-refractivity contribution is 5.18. The Hall–Kier alpha value is -1.21. The number of hydrogen-bond acceptors (Lipinski definition) is 2. The van der Waals surface area contributed by atoms with Gasteiger partial charge in [-0.15, -0.1) is 0 Å². The molecule has 0 aliphatic carbocycles. The smallest absolute Gasteiger partial charge is 0.380 e. The average molecular weight is 295 g/mol. The van der Waals surface area contributed by atoms with Gasteiger partial charge in [0.15, 0.2) is 5.60 Å². The predicted molar refractivity (Wildman–Crippen MR) is 61.9 cm³/mol. The van der Waals surface area contributed by atoms with Crippen molar-refractivity contribution >= 4 is 0 Å². The monoisotopic (exact) mass is 295 g/mol. The van der Waals surface area contributed by atoms with Crippen LogP contribution < -0.4 is 0 Å². The van der Waals surface area contributed by atoms with E-state index in [0.29, 0.717) is 0 Å². The molecule has 1 N–H and O–H groups in total. The Kier molecular flexibility index (Phi) is 4.02. The highest BCUT2D eigenvalue weighted by Gasteiger charge is 2.54. The maximum atomic E-state index is 13.5. The molecule has 1 aliphatic heterocycles. The van der Waals surface area contributed by atoms with Crippen molar-refractivity contribution in [1.82, 2.24) is 4.90 Å². The molecule has 7 heteroatoms. The summed E-state index contributed by atoms with van der Waals surface area (Å²) in [7, 11) is 0. The Morgan fingerprint density at radius 3 is 2.25 bits per heavy atom. The van der Waals surface area contributed by atoms with Crippen molar-refractivity contribution in [3.05, 3.63) is 35.4 Å². The fourth-order valence-electron chi connectivity index (χ4n) is 2.26. The van der Waals surface area contributed by atoms with E-state index in [1.807, 2.05) is 0 Å². The maximum Gasteiger partial charge on any atom is 0.417 e. The van der Waals surface area contributed by atoms with Crippen molar-refractivity contribution < 1.29 is 27.1 Å². The van der Waals surface area contributed by atoms with Crippen molar-refractivity contribution in [1.29, 1.82) is 0 Å². The fourth-order valence-corrected chi connectivity index (χ4v) is 2.26. The third-order valence-electron chi connectivity index (χ3n) is 3.62. The number of aliphatic hydroxyl groups is 1.